The minimum absolute atomic E-state index is 0.128. The first kappa shape index (κ1) is 19.9. The van der Waals surface area contributed by atoms with Gasteiger partial charge in [0.2, 0.25) is 0 Å². The van der Waals surface area contributed by atoms with Crippen LogP contribution in [0, 0.1) is 0 Å². The Hall–Kier alpha value is -3.99. The van der Waals surface area contributed by atoms with Crippen molar-refractivity contribution in [2.24, 2.45) is 14.1 Å². The number of fused-ring (bicyclic) bond motifs is 2. The summed E-state index contributed by atoms with van der Waals surface area (Å²) in [5, 5.41) is 0. The molecule has 0 aliphatic rings. The molecule has 0 unspecified atom stereocenters. The van der Waals surface area contributed by atoms with Gasteiger partial charge in [-0.05, 0) is 35.9 Å². The fraction of sp³-hybridized carbons (Fsp3) is 0.190. The van der Waals surface area contributed by atoms with Crippen LogP contribution in [0.2, 0.25) is 0 Å². The van der Waals surface area contributed by atoms with Crippen molar-refractivity contribution in [1.82, 2.24) is 28.7 Å². The smallest absolute Gasteiger partial charge is 0.332 e. The molecule has 1 aromatic carbocycles. The van der Waals surface area contributed by atoms with Crippen molar-refractivity contribution in [3.63, 3.8) is 0 Å². The van der Waals surface area contributed by atoms with Gasteiger partial charge in [-0.1, -0.05) is 0 Å². The normalized spacial score (nSPS) is 11.5. The van der Waals surface area contributed by atoms with E-state index in [-0.39, 0.29) is 23.3 Å². The number of imidazole rings is 1. The fourth-order valence-electron chi connectivity index (χ4n) is 3.64. The SMILES string of the molecule is COc1ccc(-c2cc3nc(Cn4cnc5c4c(=O)n(C)c(=O)n5C)[nH]c(=O)c3s2)cc1. The van der Waals surface area contributed by atoms with E-state index >= 15 is 0 Å². The second-order valence-corrected chi connectivity index (χ2v) is 8.37. The van der Waals surface area contributed by atoms with Crippen LogP contribution in [0.1, 0.15) is 5.82 Å². The van der Waals surface area contributed by atoms with Crippen LogP contribution in [0.3, 0.4) is 0 Å². The lowest BCUT2D eigenvalue weighted by Crippen LogP contribution is -2.37. The number of rotatable bonds is 4. The van der Waals surface area contributed by atoms with E-state index < -0.39 is 11.2 Å². The highest BCUT2D eigenvalue weighted by Crippen LogP contribution is 2.31. The predicted octanol–water partition coefficient (Wildman–Crippen LogP) is 1.46. The maximum absolute atomic E-state index is 12.7. The van der Waals surface area contributed by atoms with E-state index in [9.17, 15) is 14.4 Å². The summed E-state index contributed by atoms with van der Waals surface area (Å²) in [6, 6.07) is 9.45. The standard InChI is InChI=1S/C21H18N6O4S/c1-25-18-16(20(29)26(2)21(25)30)27(10-22-18)9-15-23-13-8-14(32-17(13)19(28)24-15)11-4-6-12(31-3)7-5-11/h4-8,10H,9H2,1-3H3,(H,23,24,28). The van der Waals surface area contributed by atoms with Gasteiger partial charge in [-0.3, -0.25) is 18.7 Å². The number of aromatic amines is 1. The van der Waals surface area contributed by atoms with Crippen LogP contribution in [-0.4, -0.2) is 35.8 Å². The molecule has 0 aliphatic heterocycles. The van der Waals surface area contributed by atoms with Crippen LogP contribution in [-0.2, 0) is 20.6 Å². The highest BCUT2D eigenvalue weighted by atomic mass is 32.1. The summed E-state index contributed by atoms with van der Waals surface area (Å²) in [6.45, 7) is 0.128. The molecule has 162 valence electrons. The van der Waals surface area contributed by atoms with Gasteiger partial charge in [0, 0.05) is 19.0 Å². The summed E-state index contributed by atoms with van der Waals surface area (Å²) in [5.74, 6) is 1.14. The highest BCUT2D eigenvalue weighted by molar-refractivity contribution is 7.22. The molecule has 0 radical (unpaired) electrons. The van der Waals surface area contributed by atoms with Gasteiger partial charge in [-0.25, -0.2) is 14.8 Å². The van der Waals surface area contributed by atoms with Crippen LogP contribution < -0.4 is 21.5 Å². The molecular formula is C21H18N6O4S. The third-order valence-corrected chi connectivity index (χ3v) is 6.52. The van der Waals surface area contributed by atoms with E-state index in [0.29, 0.717) is 16.0 Å². The minimum Gasteiger partial charge on any atom is -0.497 e. The zero-order valence-corrected chi connectivity index (χ0v) is 18.3. The summed E-state index contributed by atoms with van der Waals surface area (Å²) in [7, 11) is 4.58. The van der Waals surface area contributed by atoms with Crippen molar-refractivity contribution >= 4 is 32.7 Å². The van der Waals surface area contributed by atoms with Crippen molar-refractivity contribution in [3.8, 4) is 16.2 Å². The van der Waals surface area contributed by atoms with Gasteiger partial charge in [-0.2, -0.15) is 0 Å². The molecule has 0 spiro atoms. The van der Waals surface area contributed by atoms with Crippen LogP contribution in [0.5, 0.6) is 5.75 Å². The average molecular weight is 450 g/mol. The van der Waals surface area contributed by atoms with Crippen LogP contribution >= 0.6 is 11.3 Å². The minimum atomic E-state index is -0.457. The third-order valence-electron chi connectivity index (χ3n) is 5.34. The molecule has 0 atom stereocenters. The zero-order chi connectivity index (χ0) is 22.6. The molecule has 4 aromatic heterocycles. The largest absolute Gasteiger partial charge is 0.497 e. The Morgan fingerprint density at radius 3 is 2.56 bits per heavy atom. The molecule has 11 heteroatoms. The number of nitrogens with zero attached hydrogens (tertiary/aromatic N) is 5. The summed E-state index contributed by atoms with van der Waals surface area (Å²) in [6.07, 6.45) is 1.46. The maximum Gasteiger partial charge on any atom is 0.332 e. The molecule has 0 bridgehead atoms. The van der Waals surface area contributed by atoms with Crippen molar-refractivity contribution in [2.45, 2.75) is 6.54 Å². The van der Waals surface area contributed by atoms with Crippen LogP contribution in [0.4, 0.5) is 0 Å². The van der Waals surface area contributed by atoms with Gasteiger partial charge >= 0.3 is 5.69 Å². The Kier molecular flexibility index (Phi) is 4.55. The Balaban J connectivity index is 1.58. The Morgan fingerprint density at radius 1 is 1.09 bits per heavy atom. The van der Waals surface area contributed by atoms with E-state index in [2.05, 4.69) is 15.0 Å². The molecule has 1 N–H and O–H groups in total. The Morgan fingerprint density at radius 2 is 1.84 bits per heavy atom. The van der Waals surface area contributed by atoms with E-state index in [1.807, 2.05) is 30.3 Å². The van der Waals surface area contributed by atoms with Crippen molar-refractivity contribution < 1.29 is 4.74 Å². The molecule has 5 aromatic rings. The van der Waals surface area contributed by atoms with Gasteiger partial charge in [0.25, 0.3) is 11.1 Å². The highest BCUT2D eigenvalue weighted by Gasteiger charge is 2.16. The summed E-state index contributed by atoms with van der Waals surface area (Å²) >= 11 is 1.36. The van der Waals surface area contributed by atoms with E-state index in [0.717, 1.165) is 20.8 Å². The first-order chi connectivity index (χ1) is 15.4. The van der Waals surface area contributed by atoms with Gasteiger partial charge in [0.05, 0.1) is 25.5 Å². The second-order valence-electron chi connectivity index (χ2n) is 7.32. The average Bonchev–Trinajstić information content (AvgIpc) is 3.41. The molecule has 4 heterocycles. The first-order valence-electron chi connectivity index (χ1n) is 9.65. The summed E-state index contributed by atoms with van der Waals surface area (Å²) in [5.41, 5.74) is 0.912. The molecule has 0 fully saturated rings. The van der Waals surface area contributed by atoms with E-state index in [1.54, 1.807) is 18.7 Å². The molecular weight excluding hydrogens is 432 g/mol. The molecule has 5 rings (SSSR count). The molecule has 0 saturated heterocycles. The number of hydrogen-bond donors (Lipinski definition) is 1. The Bertz CT molecular complexity index is 1670. The number of hydrogen-bond acceptors (Lipinski definition) is 7. The van der Waals surface area contributed by atoms with Crippen molar-refractivity contribution in [1.29, 1.82) is 0 Å². The summed E-state index contributed by atoms with van der Waals surface area (Å²) < 4.78 is 9.64. The number of thiophene rings is 1. The molecule has 32 heavy (non-hydrogen) atoms. The third kappa shape index (κ3) is 3.05. The summed E-state index contributed by atoms with van der Waals surface area (Å²) in [4.78, 5) is 50.0. The van der Waals surface area contributed by atoms with Gasteiger partial charge in [-0.15, -0.1) is 11.3 Å². The quantitative estimate of drug-likeness (QED) is 0.443. The fourth-order valence-corrected chi connectivity index (χ4v) is 4.64. The van der Waals surface area contributed by atoms with Crippen molar-refractivity contribution in [3.05, 3.63) is 73.7 Å². The number of methoxy groups -OCH3 is 1. The Labute approximate surface area is 184 Å². The van der Waals surface area contributed by atoms with Gasteiger partial charge in [0.1, 0.15) is 16.3 Å². The topological polar surface area (TPSA) is 117 Å². The van der Waals surface area contributed by atoms with E-state index in [1.165, 1.54) is 29.3 Å². The van der Waals surface area contributed by atoms with E-state index in [4.69, 9.17) is 4.74 Å². The number of nitrogens with one attached hydrogen (secondary N) is 1. The monoisotopic (exact) mass is 450 g/mol. The zero-order valence-electron chi connectivity index (χ0n) is 17.4. The molecule has 0 amide bonds. The molecule has 0 aliphatic carbocycles. The number of benzene rings is 1. The van der Waals surface area contributed by atoms with Gasteiger partial charge in [0.15, 0.2) is 11.2 Å². The lowest BCUT2D eigenvalue weighted by atomic mass is 10.2. The molecule has 10 nitrogen and oxygen atoms in total. The lowest BCUT2D eigenvalue weighted by Gasteiger charge is -2.06. The van der Waals surface area contributed by atoms with Gasteiger partial charge < -0.3 is 14.3 Å². The van der Waals surface area contributed by atoms with Crippen LogP contribution in [0.25, 0.3) is 31.8 Å². The number of H-pyrrole nitrogens is 1. The number of aryl methyl sites for hydroxylation is 1. The van der Waals surface area contributed by atoms with Crippen LogP contribution in [0.15, 0.2) is 51.0 Å². The molecule has 0 saturated carbocycles. The first-order valence-corrected chi connectivity index (χ1v) is 10.5. The van der Waals surface area contributed by atoms with Crippen molar-refractivity contribution in [2.75, 3.05) is 7.11 Å². The number of aromatic nitrogens is 6. The maximum atomic E-state index is 12.7. The predicted molar refractivity (Wildman–Crippen MR) is 122 cm³/mol. The second kappa shape index (κ2) is 7.31. The number of ether oxygens (including phenoxy) is 1. The lowest BCUT2D eigenvalue weighted by molar-refractivity contribution is 0.415.